The number of rotatable bonds is 5. The molecule has 2 aromatic rings. The van der Waals surface area contributed by atoms with Crippen molar-refractivity contribution in [3.05, 3.63) is 36.0 Å². The molecule has 0 fully saturated rings. The van der Waals surface area contributed by atoms with Crippen LogP contribution in [0.3, 0.4) is 0 Å². The van der Waals surface area contributed by atoms with Crippen LogP contribution in [0.5, 0.6) is 0 Å². The predicted octanol–water partition coefficient (Wildman–Crippen LogP) is 2.40. The van der Waals surface area contributed by atoms with E-state index >= 15 is 0 Å². The summed E-state index contributed by atoms with van der Waals surface area (Å²) in [6.07, 6.45) is -3.15. The summed E-state index contributed by atoms with van der Waals surface area (Å²) < 4.78 is 43.6. The van der Waals surface area contributed by atoms with Crippen LogP contribution in [0.25, 0.3) is 0 Å². The predicted molar refractivity (Wildman–Crippen MR) is 70.3 cm³/mol. The Morgan fingerprint density at radius 1 is 1.38 bits per heavy atom. The molecule has 9 heteroatoms. The first-order valence-corrected chi connectivity index (χ1v) is 6.14. The molecule has 0 radical (unpaired) electrons. The van der Waals surface area contributed by atoms with Crippen LogP contribution in [0.2, 0.25) is 0 Å². The summed E-state index contributed by atoms with van der Waals surface area (Å²) in [5, 5.41) is 0. The van der Waals surface area contributed by atoms with Crippen LogP contribution in [0.1, 0.15) is 18.5 Å². The number of nitrogens with two attached hydrogens (primary N) is 1. The zero-order chi connectivity index (χ0) is 15.5. The van der Waals surface area contributed by atoms with Gasteiger partial charge in [0.1, 0.15) is 17.4 Å². The van der Waals surface area contributed by atoms with E-state index in [-0.39, 0.29) is 11.6 Å². The molecule has 6 nitrogen and oxygen atoms in total. The van der Waals surface area contributed by atoms with Gasteiger partial charge in [-0.2, -0.15) is 13.2 Å². The maximum absolute atomic E-state index is 12.8. The van der Waals surface area contributed by atoms with Crippen molar-refractivity contribution >= 4 is 11.6 Å². The second-order valence-corrected chi connectivity index (χ2v) is 4.17. The number of hydrogen-bond acceptors (Lipinski definition) is 6. The van der Waals surface area contributed by atoms with Gasteiger partial charge in [0.15, 0.2) is 0 Å². The van der Waals surface area contributed by atoms with E-state index in [0.717, 1.165) is 0 Å². The normalized spacial score (nSPS) is 11.5. The van der Waals surface area contributed by atoms with Gasteiger partial charge >= 0.3 is 6.18 Å². The molecule has 3 N–H and O–H groups in total. The number of furan rings is 1. The highest BCUT2D eigenvalue weighted by molar-refractivity contribution is 5.49. The van der Waals surface area contributed by atoms with Gasteiger partial charge in [-0.05, 0) is 19.1 Å². The monoisotopic (exact) mass is 301 g/mol. The zero-order valence-electron chi connectivity index (χ0n) is 11.2. The summed E-state index contributed by atoms with van der Waals surface area (Å²) >= 11 is 0. The highest BCUT2D eigenvalue weighted by Crippen LogP contribution is 2.29. The molecule has 0 bridgehead atoms. The van der Waals surface area contributed by atoms with Crippen LogP contribution < -0.4 is 16.2 Å². The second-order valence-electron chi connectivity index (χ2n) is 4.17. The summed E-state index contributed by atoms with van der Waals surface area (Å²) in [5.74, 6) is 4.54. The minimum absolute atomic E-state index is 0.106. The summed E-state index contributed by atoms with van der Waals surface area (Å²) in [6, 6.07) is 4.79. The maximum Gasteiger partial charge on any atom is 0.451 e. The van der Waals surface area contributed by atoms with E-state index in [9.17, 15) is 13.2 Å². The fraction of sp³-hybridized carbons (Fsp3) is 0.333. The molecule has 114 valence electrons. The molecule has 0 aromatic carbocycles. The topological polar surface area (TPSA) is 80.2 Å². The average molecular weight is 301 g/mol. The van der Waals surface area contributed by atoms with Gasteiger partial charge in [0.05, 0.1) is 12.8 Å². The highest BCUT2D eigenvalue weighted by Gasteiger charge is 2.35. The first-order chi connectivity index (χ1) is 9.94. The Hall–Kier alpha value is -2.29. The van der Waals surface area contributed by atoms with Gasteiger partial charge < -0.3 is 14.7 Å². The van der Waals surface area contributed by atoms with Gasteiger partial charge in [-0.3, -0.25) is 0 Å². The third-order valence-corrected chi connectivity index (χ3v) is 2.75. The minimum atomic E-state index is -4.65. The molecule has 0 spiro atoms. The summed E-state index contributed by atoms with van der Waals surface area (Å²) in [6.45, 7) is 2.54. The summed E-state index contributed by atoms with van der Waals surface area (Å²) in [7, 11) is 0. The molecular formula is C12H14F3N5O. The summed E-state index contributed by atoms with van der Waals surface area (Å²) in [5.41, 5.74) is 2.12. The van der Waals surface area contributed by atoms with Crippen molar-refractivity contribution in [2.24, 2.45) is 5.84 Å². The lowest BCUT2D eigenvalue weighted by Crippen LogP contribution is -2.25. The number of anilines is 2. The average Bonchev–Trinajstić information content (AvgIpc) is 2.96. The molecule has 2 rings (SSSR count). The Balaban J connectivity index is 2.35. The van der Waals surface area contributed by atoms with E-state index in [1.54, 1.807) is 24.0 Å². The number of nitrogens with one attached hydrogen (secondary N) is 1. The van der Waals surface area contributed by atoms with Crippen LogP contribution in [0.4, 0.5) is 24.8 Å². The van der Waals surface area contributed by atoms with E-state index in [1.165, 1.54) is 12.3 Å². The molecule has 0 saturated carbocycles. The molecule has 0 aliphatic rings. The first kappa shape index (κ1) is 15.1. The molecule has 21 heavy (non-hydrogen) atoms. The summed E-state index contributed by atoms with van der Waals surface area (Å²) in [4.78, 5) is 8.49. The Labute approximate surface area is 118 Å². The molecule has 0 unspecified atom stereocenters. The molecule has 2 heterocycles. The van der Waals surface area contributed by atoms with E-state index in [2.05, 4.69) is 15.4 Å². The van der Waals surface area contributed by atoms with Gasteiger partial charge in [0.2, 0.25) is 5.82 Å². The number of nitrogens with zero attached hydrogens (tertiary/aromatic N) is 3. The van der Waals surface area contributed by atoms with E-state index < -0.39 is 12.0 Å². The first-order valence-electron chi connectivity index (χ1n) is 6.14. The Kier molecular flexibility index (Phi) is 4.32. The maximum atomic E-state index is 12.8. The number of hydrogen-bond donors (Lipinski definition) is 2. The van der Waals surface area contributed by atoms with Gasteiger partial charge in [-0.1, -0.05) is 0 Å². The van der Waals surface area contributed by atoms with Crippen LogP contribution in [0, 0.1) is 0 Å². The van der Waals surface area contributed by atoms with Gasteiger partial charge in [0, 0.05) is 12.6 Å². The van der Waals surface area contributed by atoms with Crippen LogP contribution in [0.15, 0.2) is 28.9 Å². The van der Waals surface area contributed by atoms with Crippen molar-refractivity contribution in [1.29, 1.82) is 0 Å². The smallest absolute Gasteiger partial charge is 0.451 e. The second kappa shape index (κ2) is 6.00. The van der Waals surface area contributed by atoms with Gasteiger partial charge in [-0.15, -0.1) is 0 Å². The minimum Gasteiger partial charge on any atom is -0.467 e. The lowest BCUT2D eigenvalue weighted by atomic mass is 10.3. The quantitative estimate of drug-likeness (QED) is 0.652. The largest absolute Gasteiger partial charge is 0.467 e. The number of aromatic nitrogens is 2. The number of hydrazine groups is 1. The van der Waals surface area contributed by atoms with Crippen LogP contribution >= 0.6 is 0 Å². The molecule has 0 aliphatic carbocycles. The lowest BCUT2D eigenvalue weighted by molar-refractivity contribution is -0.144. The van der Waals surface area contributed by atoms with E-state index in [0.29, 0.717) is 18.8 Å². The van der Waals surface area contributed by atoms with E-state index in [1.807, 2.05) is 0 Å². The lowest BCUT2D eigenvalue weighted by Gasteiger charge is -2.22. The molecule has 0 aliphatic heterocycles. The molecule has 0 amide bonds. The Morgan fingerprint density at radius 3 is 2.67 bits per heavy atom. The molecule has 0 saturated heterocycles. The third kappa shape index (κ3) is 3.63. The van der Waals surface area contributed by atoms with Crippen molar-refractivity contribution in [3.63, 3.8) is 0 Å². The number of halogens is 3. The third-order valence-electron chi connectivity index (χ3n) is 2.75. The zero-order valence-corrected chi connectivity index (χ0v) is 11.2. The SMILES string of the molecule is CCN(Cc1ccco1)c1cc(NN)nc(C(F)(F)F)n1. The molecular weight excluding hydrogens is 287 g/mol. The number of nitrogen functional groups attached to an aromatic ring is 1. The van der Waals surface area contributed by atoms with Gasteiger partial charge in [-0.25, -0.2) is 15.8 Å². The molecule has 2 aromatic heterocycles. The van der Waals surface area contributed by atoms with Crippen molar-refractivity contribution in [2.75, 3.05) is 16.9 Å². The highest BCUT2D eigenvalue weighted by atomic mass is 19.4. The van der Waals surface area contributed by atoms with Crippen molar-refractivity contribution in [3.8, 4) is 0 Å². The van der Waals surface area contributed by atoms with Crippen LogP contribution in [-0.2, 0) is 12.7 Å². The molecule has 0 atom stereocenters. The fourth-order valence-electron chi connectivity index (χ4n) is 1.74. The van der Waals surface area contributed by atoms with Crippen molar-refractivity contribution in [1.82, 2.24) is 9.97 Å². The van der Waals surface area contributed by atoms with Crippen LogP contribution in [-0.4, -0.2) is 16.5 Å². The van der Waals surface area contributed by atoms with Crippen molar-refractivity contribution < 1.29 is 17.6 Å². The van der Waals surface area contributed by atoms with E-state index in [4.69, 9.17) is 10.3 Å². The Morgan fingerprint density at radius 2 is 2.14 bits per heavy atom. The number of alkyl halides is 3. The van der Waals surface area contributed by atoms with Gasteiger partial charge in [0.25, 0.3) is 0 Å². The Bertz CT molecular complexity index is 585. The fourth-order valence-corrected chi connectivity index (χ4v) is 1.74. The van der Waals surface area contributed by atoms with Crippen molar-refractivity contribution in [2.45, 2.75) is 19.6 Å². The standard InChI is InChI=1S/C12H14F3N5O/c1-2-20(7-8-4-3-5-21-8)10-6-9(19-16)17-11(18-10)12(13,14)15/h3-6H,2,7,16H2,1H3,(H,17,18,19).